The molecule has 1 fully saturated rings. The maximum Gasteiger partial charge on any atom is 0.131 e. The van der Waals surface area contributed by atoms with E-state index in [2.05, 4.69) is 20.0 Å². The highest BCUT2D eigenvalue weighted by molar-refractivity contribution is 6.15. The van der Waals surface area contributed by atoms with Gasteiger partial charge in [-0.15, -0.1) is 0 Å². The summed E-state index contributed by atoms with van der Waals surface area (Å²) in [6.07, 6.45) is 5.30. The third-order valence-corrected chi connectivity index (χ3v) is 5.71. The van der Waals surface area contributed by atoms with Crippen LogP contribution in [0.25, 0.3) is 11.3 Å². The van der Waals surface area contributed by atoms with E-state index in [-0.39, 0.29) is 5.75 Å². The van der Waals surface area contributed by atoms with Crippen molar-refractivity contribution in [2.75, 3.05) is 32.0 Å². The van der Waals surface area contributed by atoms with Gasteiger partial charge in [0.15, 0.2) is 0 Å². The minimum Gasteiger partial charge on any atom is -0.508 e. The van der Waals surface area contributed by atoms with E-state index in [4.69, 9.17) is 10.6 Å². The number of benzene rings is 1. The van der Waals surface area contributed by atoms with Crippen LogP contribution >= 0.6 is 0 Å². The van der Waals surface area contributed by atoms with Crippen LogP contribution in [0.3, 0.4) is 0 Å². The lowest BCUT2D eigenvalue weighted by Crippen LogP contribution is -2.36. The molecule has 2 aromatic rings. The van der Waals surface area contributed by atoms with Gasteiger partial charge in [-0.3, -0.25) is 4.90 Å². The molecule has 0 radical (unpaired) electrons. The Bertz CT molecular complexity index is 904. The molecule has 1 aliphatic heterocycles. The lowest BCUT2D eigenvalue weighted by atomic mass is 9.70. The van der Waals surface area contributed by atoms with Crippen LogP contribution < -0.4 is 5.73 Å². The molecule has 1 aromatic carbocycles. The summed E-state index contributed by atoms with van der Waals surface area (Å²) in [4.78, 5) is 16.8. The van der Waals surface area contributed by atoms with Crippen molar-refractivity contribution >= 4 is 11.5 Å². The summed E-state index contributed by atoms with van der Waals surface area (Å²) >= 11 is 0. The number of phenols is 1. The monoisotopic (exact) mass is 381 g/mol. The Kier molecular flexibility index (Phi) is 4.93. The number of fused-ring (bicyclic) bond motifs is 3. The zero-order chi connectivity index (χ0) is 19.7. The number of likely N-dealkylation sites (tertiary alicyclic amines) is 1. The van der Waals surface area contributed by atoms with Crippen molar-refractivity contribution in [1.29, 1.82) is 0 Å². The third kappa shape index (κ3) is 3.30. The van der Waals surface area contributed by atoms with Crippen LogP contribution in [0.1, 0.15) is 44.2 Å². The maximum absolute atomic E-state index is 10.1. The van der Waals surface area contributed by atoms with Crippen molar-refractivity contribution in [1.82, 2.24) is 14.9 Å². The summed E-state index contributed by atoms with van der Waals surface area (Å²) in [5.41, 5.74) is 9.70. The molecule has 0 atom stereocenters. The molecule has 148 valence electrons. The number of nitrogens with zero attached hydrogens (tertiary/aromatic N) is 4. The number of hydrogen-bond donors (Lipinski definition) is 2. The van der Waals surface area contributed by atoms with Gasteiger partial charge in [-0.05, 0) is 58.0 Å². The van der Waals surface area contributed by atoms with E-state index >= 15 is 0 Å². The number of phenolic OH excluding ortho intramolecular Hbond substituents is 1. The quantitative estimate of drug-likeness (QED) is 0.624. The maximum atomic E-state index is 10.1. The lowest BCUT2D eigenvalue weighted by molar-refractivity contribution is 0.101. The van der Waals surface area contributed by atoms with Crippen LogP contribution in [0.5, 0.6) is 5.75 Å². The highest BCUT2D eigenvalue weighted by Gasteiger charge is 2.40. The van der Waals surface area contributed by atoms with Gasteiger partial charge in [0.05, 0.1) is 11.4 Å². The largest absolute Gasteiger partial charge is 0.508 e. The number of nitrogen functional groups attached to an aromatic ring is 1. The van der Waals surface area contributed by atoms with E-state index in [1.165, 1.54) is 25.6 Å². The fourth-order valence-corrected chi connectivity index (χ4v) is 4.24. The standard InChI is InChI=1S/C21H27N5O2/c1-21(2)17-18(23-13-24-20(17)22)15-7-6-14(27)12-16(15)19(21)25-28-11-10-26-8-4-3-5-9-26/h6-7,12-13,27H,3-5,8-11H2,1-2H3,(H2,22,23,24)/b25-19+. The van der Waals surface area contributed by atoms with Crippen molar-refractivity contribution in [2.24, 2.45) is 5.16 Å². The zero-order valence-electron chi connectivity index (χ0n) is 16.5. The average Bonchev–Trinajstić information content (AvgIpc) is 2.67. The molecular formula is C21H27N5O2. The molecule has 7 nitrogen and oxygen atoms in total. The molecule has 2 aliphatic rings. The van der Waals surface area contributed by atoms with Crippen molar-refractivity contribution in [3.63, 3.8) is 0 Å². The molecule has 0 spiro atoms. The van der Waals surface area contributed by atoms with Crippen LogP contribution in [0, 0.1) is 0 Å². The molecule has 0 unspecified atom stereocenters. The van der Waals surface area contributed by atoms with Crippen LogP contribution in [0.4, 0.5) is 5.82 Å². The molecule has 7 heteroatoms. The molecule has 4 rings (SSSR count). The molecule has 0 bridgehead atoms. The van der Waals surface area contributed by atoms with Crippen LogP contribution in [-0.2, 0) is 10.3 Å². The summed E-state index contributed by atoms with van der Waals surface area (Å²) in [6.45, 7) is 7.72. The molecule has 0 amide bonds. The Morgan fingerprint density at radius 1 is 1.18 bits per heavy atom. The molecule has 2 heterocycles. The first kappa shape index (κ1) is 18.7. The normalized spacial score (nSPS) is 19.9. The first-order valence-electron chi connectivity index (χ1n) is 9.86. The predicted octanol–water partition coefficient (Wildman–Crippen LogP) is 2.93. The van der Waals surface area contributed by atoms with E-state index in [9.17, 15) is 5.11 Å². The highest BCUT2D eigenvalue weighted by Crippen LogP contribution is 2.45. The second-order valence-corrected chi connectivity index (χ2v) is 8.01. The smallest absolute Gasteiger partial charge is 0.131 e. The summed E-state index contributed by atoms with van der Waals surface area (Å²) < 4.78 is 0. The van der Waals surface area contributed by atoms with Gasteiger partial charge in [-0.25, -0.2) is 9.97 Å². The van der Waals surface area contributed by atoms with Gasteiger partial charge >= 0.3 is 0 Å². The molecule has 1 aromatic heterocycles. The van der Waals surface area contributed by atoms with E-state index in [1.54, 1.807) is 12.1 Å². The third-order valence-electron chi connectivity index (χ3n) is 5.71. The SMILES string of the molecule is CC1(C)/C(=N/OCCN2CCCCC2)c2cc(O)ccc2-c2ncnc(N)c21. The fourth-order valence-electron chi connectivity index (χ4n) is 4.24. The predicted molar refractivity (Wildman–Crippen MR) is 109 cm³/mol. The summed E-state index contributed by atoms with van der Waals surface area (Å²) in [5.74, 6) is 0.621. The Morgan fingerprint density at radius 2 is 1.96 bits per heavy atom. The molecule has 1 saturated heterocycles. The molecule has 0 saturated carbocycles. The first-order chi connectivity index (χ1) is 13.5. The van der Waals surface area contributed by atoms with Crippen LogP contribution in [0.2, 0.25) is 0 Å². The Balaban J connectivity index is 1.66. The molecular weight excluding hydrogens is 354 g/mol. The van der Waals surface area contributed by atoms with Gasteiger partial charge in [0.2, 0.25) is 0 Å². The minimum absolute atomic E-state index is 0.182. The zero-order valence-corrected chi connectivity index (χ0v) is 16.5. The Labute approximate surface area is 165 Å². The second kappa shape index (κ2) is 7.39. The number of hydrogen-bond acceptors (Lipinski definition) is 7. The van der Waals surface area contributed by atoms with Gasteiger partial charge in [-0.1, -0.05) is 11.6 Å². The Hall–Kier alpha value is -2.67. The van der Waals surface area contributed by atoms with Crippen molar-refractivity contribution in [3.8, 4) is 17.0 Å². The van der Waals surface area contributed by atoms with E-state index < -0.39 is 5.41 Å². The summed E-state index contributed by atoms with van der Waals surface area (Å²) in [7, 11) is 0. The lowest BCUT2D eigenvalue weighted by Gasteiger charge is -2.34. The van der Waals surface area contributed by atoms with E-state index in [1.807, 2.05) is 19.9 Å². The molecule has 28 heavy (non-hydrogen) atoms. The number of oxime groups is 1. The van der Waals surface area contributed by atoms with Crippen LogP contribution in [-0.4, -0.2) is 51.9 Å². The number of aromatic nitrogens is 2. The van der Waals surface area contributed by atoms with Crippen molar-refractivity contribution in [3.05, 3.63) is 35.7 Å². The number of piperidine rings is 1. The van der Waals surface area contributed by atoms with E-state index in [0.29, 0.717) is 12.4 Å². The second-order valence-electron chi connectivity index (χ2n) is 8.01. The average molecular weight is 381 g/mol. The number of aromatic hydroxyl groups is 1. The van der Waals surface area contributed by atoms with Gasteiger partial charge < -0.3 is 15.7 Å². The van der Waals surface area contributed by atoms with Gasteiger partial charge in [0, 0.05) is 28.7 Å². The number of anilines is 1. The van der Waals surface area contributed by atoms with Crippen molar-refractivity contribution < 1.29 is 9.94 Å². The fraction of sp³-hybridized carbons (Fsp3) is 0.476. The van der Waals surface area contributed by atoms with Gasteiger partial charge in [0.1, 0.15) is 24.5 Å². The molecule has 3 N–H and O–H groups in total. The first-order valence-corrected chi connectivity index (χ1v) is 9.86. The van der Waals surface area contributed by atoms with Gasteiger partial charge in [-0.2, -0.15) is 0 Å². The number of nitrogens with two attached hydrogens (primary N) is 1. The van der Waals surface area contributed by atoms with Crippen molar-refractivity contribution in [2.45, 2.75) is 38.5 Å². The molecule has 1 aliphatic carbocycles. The van der Waals surface area contributed by atoms with Gasteiger partial charge in [0.25, 0.3) is 0 Å². The summed E-state index contributed by atoms with van der Waals surface area (Å²) in [5, 5.41) is 14.6. The topological polar surface area (TPSA) is 96.9 Å². The Morgan fingerprint density at radius 3 is 2.75 bits per heavy atom. The van der Waals surface area contributed by atoms with E-state index in [0.717, 1.165) is 47.7 Å². The number of rotatable bonds is 4. The summed E-state index contributed by atoms with van der Waals surface area (Å²) in [6, 6.07) is 5.20. The highest BCUT2D eigenvalue weighted by atomic mass is 16.6. The van der Waals surface area contributed by atoms with Crippen LogP contribution in [0.15, 0.2) is 29.7 Å². The minimum atomic E-state index is -0.549.